The number of aryl methyl sites for hydroxylation is 2. The summed E-state index contributed by atoms with van der Waals surface area (Å²) < 4.78 is 0. The summed E-state index contributed by atoms with van der Waals surface area (Å²) in [5.41, 5.74) is 5.18. The number of aliphatic imine (C=N–C) groups is 1. The maximum Gasteiger partial charge on any atom is 0.194 e. The molecule has 2 heterocycles. The molecule has 6 heteroatoms. The largest absolute Gasteiger partial charge is 0.374 e. The number of rotatable bonds is 5. The van der Waals surface area contributed by atoms with Crippen molar-refractivity contribution >= 4 is 23.0 Å². The van der Waals surface area contributed by atoms with E-state index in [-0.39, 0.29) is 0 Å². The smallest absolute Gasteiger partial charge is 0.194 e. The Bertz CT molecular complexity index is 767. The Hall–Kier alpha value is -2.08. The van der Waals surface area contributed by atoms with Gasteiger partial charge in [-0.25, -0.2) is 9.98 Å². The summed E-state index contributed by atoms with van der Waals surface area (Å²) in [6.07, 6.45) is 2.40. The Morgan fingerprint density at radius 1 is 1.42 bits per heavy atom. The van der Waals surface area contributed by atoms with Crippen LogP contribution in [0.3, 0.4) is 0 Å². The van der Waals surface area contributed by atoms with E-state index in [0.29, 0.717) is 6.54 Å². The van der Waals surface area contributed by atoms with Gasteiger partial charge in [0.2, 0.25) is 0 Å². The van der Waals surface area contributed by atoms with Crippen LogP contribution in [0.1, 0.15) is 35.2 Å². The second kappa shape index (κ2) is 8.54. The second-order valence-corrected chi connectivity index (χ2v) is 7.93. The van der Waals surface area contributed by atoms with Gasteiger partial charge in [-0.3, -0.25) is 0 Å². The average Bonchev–Trinajstić information content (AvgIpc) is 3.03. The van der Waals surface area contributed by atoms with Crippen LogP contribution in [0.25, 0.3) is 0 Å². The minimum Gasteiger partial charge on any atom is -0.374 e. The highest BCUT2D eigenvalue weighted by atomic mass is 32.1. The SMILES string of the molecule is CCNC(=NCc1ccc2c(c1)CCCN2C)N(C)Cc1csc(C)n1. The number of hydrogen-bond acceptors (Lipinski definition) is 4. The topological polar surface area (TPSA) is 43.8 Å². The van der Waals surface area contributed by atoms with Gasteiger partial charge in [-0.1, -0.05) is 12.1 Å². The van der Waals surface area contributed by atoms with Crippen molar-refractivity contribution < 1.29 is 0 Å². The van der Waals surface area contributed by atoms with E-state index in [1.165, 1.54) is 29.7 Å². The number of nitrogens with one attached hydrogen (secondary N) is 1. The lowest BCUT2D eigenvalue weighted by Crippen LogP contribution is -2.38. The van der Waals surface area contributed by atoms with Gasteiger partial charge in [-0.15, -0.1) is 11.3 Å². The van der Waals surface area contributed by atoms with E-state index in [4.69, 9.17) is 4.99 Å². The molecule has 0 saturated heterocycles. The second-order valence-electron chi connectivity index (χ2n) is 6.87. The summed E-state index contributed by atoms with van der Waals surface area (Å²) >= 11 is 1.69. The summed E-state index contributed by atoms with van der Waals surface area (Å²) in [5, 5.41) is 6.62. The van der Waals surface area contributed by atoms with Gasteiger partial charge in [0.15, 0.2) is 5.96 Å². The molecule has 0 spiro atoms. The minimum atomic E-state index is 0.694. The molecule has 5 nitrogen and oxygen atoms in total. The van der Waals surface area contributed by atoms with Gasteiger partial charge >= 0.3 is 0 Å². The van der Waals surface area contributed by atoms with Gasteiger partial charge in [0.1, 0.15) is 0 Å². The van der Waals surface area contributed by atoms with Crippen LogP contribution in [0.2, 0.25) is 0 Å². The zero-order valence-corrected chi connectivity index (χ0v) is 17.1. The zero-order chi connectivity index (χ0) is 18.5. The average molecular weight is 372 g/mol. The van der Waals surface area contributed by atoms with E-state index in [0.717, 1.165) is 36.3 Å². The molecule has 0 aliphatic carbocycles. The summed E-state index contributed by atoms with van der Waals surface area (Å²) in [5.74, 6) is 0.924. The molecule has 1 aromatic carbocycles. The predicted octanol–water partition coefficient (Wildman–Crippen LogP) is 3.43. The molecule has 0 unspecified atom stereocenters. The van der Waals surface area contributed by atoms with Crippen LogP contribution in [-0.4, -0.2) is 43.0 Å². The van der Waals surface area contributed by atoms with Crippen molar-refractivity contribution in [1.29, 1.82) is 0 Å². The fraction of sp³-hybridized carbons (Fsp3) is 0.500. The number of anilines is 1. The van der Waals surface area contributed by atoms with Crippen LogP contribution in [0, 0.1) is 6.92 Å². The number of thiazole rings is 1. The van der Waals surface area contributed by atoms with E-state index < -0.39 is 0 Å². The fourth-order valence-corrected chi connectivity index (χ4v) is 3.98. The van der Waals surface area contributed by atoms with Gasteiger partial charge in [0, 0.05) is 38.3 Å². The minimum absolute atomic E-state index is 0.694. The standard InChI is InChI=1S/C20H29N5S/c1-5-21-20(25(4)13-18-14-26-15(2)23-18)22-12-16-8-9-19-17(11-16)7-6-10-24(19)3/h8-9,11,14H,5-7,10,12-13H2,1-4H3,(H,21,22). The number of benzene rings is 1. The number of nitrogens with zero attached hydrogens (tertiary/aromatic N) is 4. The van der Waals surface area contributed by atoms with Crippen LogP contribution in [0.15, 0.2) is 28.6 Å². The van der Waals surface area contributed by atoms with E-state index >= 15 is 0 Å². The van der Waals surface area contributed by atoms with E-state index in [1.807, 2.05) is 6.92 Å². The van der Waals surface area contributed by atoms with Crippen LogP contribution in [0.5, 0.6) is 0 Å². The van der Waals surface area contributed by atoms with Crippen LogP contribution < -0.4 is 10.2 Å². The molecular formula is C20H29N5S. The highest BCUT2D eigenvalue weighted by Gasteiger charge is 2.14. The van der Waals surface area contributed by atoms with Crippen molar-refractivity contribution in [2.75, 3.05) is 32.1 Å². The van der Waals surface area contributed by atoms with Crippen molar-refractivity contribution in [1.82, 2.24) is 15.2 Å². The third kappa shape index (κ3) is 4.55. The molecule has 0 bridgehead atoms. The molecule has 3 rings (SSSR count). The monoisotopic (exact) mass is 371 g/mol. The first-order chi connectivity index (χ1) is 12.6. The third-order valence-corrected chi connectivity index (χ3v) is 5.49. The first-order valence-electron chi connectivity index (χ1n) is 9.30. The number of guanidine groups is 1. The third-order valence-electron chi connectivity index (χ3n) is 4.67. The van der Waals surface area contributed by atoms with Crippen molar-refractivity contribution in [3.05, 3.63) is 45.4 Å². The molecule has 0 atom stereocenters. The van der Waals surface area contributed by atoms with Gasteiger partial charge < -0.3 is 15.1 Å². The maximum atomic E-state index is 4.85. The number of hydrogen-bond donors (Lipinski definition) is 1. The molecular weight excluding hydrogens is 342 g/mol. The fourth-order valence-electron chi connectivity index (χ4n) is 3.37. The summed E-state index contributed by atoms with van der Waals surface area (Å²) in [6, 6.07) is 6.77. The Labute approximate surface area is 160 Å². The molecule has 140 valence electrons. The van der Waals surface area contributed by atoms with Gasteiger partial charge in [-0.2, -0.15) is 0 Å². The Morgan fingerprint density at radius 2 is 2.27 bits per heavy atom. The van der Waals surface area contributed by atoms with E-state index in [9.17, 15) is 0 Å². The molecule has 2 aromatic rings. The maximum absolute atomic E-state index is 4.85. The first-order valence-corrected chi connectivity index (χ1v) is 10.2. The highest BCUT2D eigenvalue weighted by Crippen LogP contribution is 2.27. The molecule has 0 amide bonds. The van der Waals surface area contributed by atoms with Crippen molar-refractivity contribution in [2.24, 2.45) is 4.99 Å². The molecule has 26 heavy (non-hydrogen) atoms. The van der Waals surface area contributed by atoms with Crippen LogP contribution in [0.4, 0.5) is 5.69 Å². The molecule has 0 saturated carbocycles. The number of fused-ring (bicyclic) bond motifs is 1. The molecule has 0 radical (unpaired) electrons. The highest BCUT2D eigenvalue weighted by molar-refractivity contribution is 7.09. The lowest BCUT2D eigenvalue weighted by molar-refractivity contribution is 0.471. The summed E-state index contributed by atoms with van der Waals surface area (Å²) in [4.78, 5) is 13.9. The molecule has 1 aliphatic rings. The Morgan fingerprint density at radius 3 is 3.00 bits per heavy atom. The summed E-state index contributed by atoms with van der Waals surface area (Å²) in [6.45, 7) is 7.61. The van der Waals surface area contributed by atoms with Gasteiger partial charge in [0.05, 0.1) is 23.8 Å². The normalized spacial score (nSPS) is 14.3. The Kier molecular flexibility index (Phi) is 6.14. The van der Waals surface area contributed by atoms with Gasteiger partial charge in [0.25, 0.3) is 0 Å². The van der Waals surface area contributed by atoms with Crippen molar-refractivity contribution in [2.45, 2.75) is 39.8 Å². The van der Waals surface area contributed by atoms with Crippen molar-refractivity contribution in [3.8, 4) is 0 Å². The molecule has 1 aromatic heterocycles. The van der Waals surface area contributed by atoms with Gasteiger partial charge in [-0.05, 0) is 43.9 Å². The van der Waals surface area contributed by atoms with Crippen LogP contribution >= 0.6 is 11.3 Å². The Balaban J connectivity index is 1.70. The lowest BCUT2D eigenvalue weighted by atomic mass is 10.00. The van der Waals surface area contributed by atoms with E-state index in [2.05, 4.69) is 64.7 Å². The predicted molar refractivity (Wildman–Crippen MR) is 111 cm³/mol. The van der Waals surface area contributed by atoms with Crippen LogP contribution in [-0.2, 0) is 19.5 Å². The molecule has 0 fully saturated rings. The van der Waals surface area contributed by atoms with E-state index in [1.54, 1.807) is 11.3 Å². The zero-order valence-electron chi connectivity index (χ0n) is 16.2. The van der Waals surface area contributed by atoms with Crippen molar-refractivity contribution in [3.63, 3.8) is 0 Å². The molecule has 1 N–H and O–H groups in total. The molecule has 1 aliphatic heterocycles. The quantitative estimate of drug-likeness (QED) is 0.646. The lowest BCUT2D eigenvalue weighted by Gasteiger charge is -2.27. The first kappa shape index (κ1) is 18.7. The summed E-state index contributed by atoms with van der Waals surface area (Å²) in [7, 11) is 4.24. The number of aromatic nitrogens is 1.